The van der Waals surface area contributed by atoms with Gasteiger partial charge >= 0.3 is 5.97 Å². The Morgan fingerprint density at radius 3 is 2.86 bits per heavy atom. The minimum atomic E-state index is -0.756. The van der Waals surface area contributed by atoms with E-state index in [1.807, 2.05) is 11.8 Å². The molecule has 1 rings (SSSR count). The van der Waals surface area contributed by atoms with E-state index in [9.17, 15) is 9.90 Å². The fourth-order valence-electron chi connectivity index (χ4n) is 1.89. The molecule has 1 fully saturated rings. The Kier molecular flexibility index (Phi) is 4.35. The van der Waals surface area contributed by atoms with Crippen molar-refractivity contribution in [3.8, 4) is 0 Å². The summed E-state index contributed by atoms with van der Waals surface area (Å²) in [7, 11) is 0. The summed E-state index contributed by atoms with van der Waals surface area (Å²) in [6.45, 7) is 3.20. The number of likely N-dealkylation sites (tertiary alicyclic amines) is 1. The van der Waals surface area contributed by atoms with Crippen LogP contribution in [-0.2, 0) is 4.79 Å². The fourth-order valence-corrected chi connectivity index (χ4v) is 1.89. The van der Waals surface area contributed by atoms with Crippen molar-refractivity contribution in [3.63, 3.8) is 0 Å². The number of aliphatic hydroxyl groups excluding tert-OH is 1. The molecule has 4 nitrogen and oxygen atoms in total. The summed E-state index contributed by atoms with van der Waals surface area (Å²) >= 11 is 0. The molecule has 1 saturated heterocycles. The summed E-state index contributed by atoms with van der Waals surface area (Å²) < 4.78 is 0. The molecule has 4 heteroatoms. The maximum Gasteiger partial charge on any atom is 0.320 e. The fraction of sp³-hybridized carbons (Fsp3) is 0.900. The van der Waals surface area contributed by atoms with Crippen LogP contribution < -0.4 is 0 Å². The van der Waals surface area contributed by atoms with E-state index in [4.69, 9.17) is 5.11 Å². The lowest BCUT2D eigenvalue weighted by Gasteiger charge is -2.33. The van der Waals surface area contributed by atoms with Crippen LogP contribution in [0.1, 0.15) is 32.6 Å². The van der Waals surface area contributed by atoms with Crippen LogP contribution in [-0.4, -0.2) is 46.3 Å². The second-order valence-corrected chi connectivity index (χ2v) is 3.91. The van der Waals surface area contributed by atoms with Crippen molar-refractivity contribution in [1.82, 2.24) is 4.90 Å². The van der Waals surface area contributed by atoms with Gasteiger partial charge < -0.3 is 10.2 Å². The van der Waals surface area contributed by atoms with Gasteiger partial charge in [0.2, 0.25) is 0 Å². The van der Waals surface area contributed by atoms with Gasteiger partial charge in [-0.3, -0.25) is 9.69 Å². The van der Waals surface area contributed by atoms with Gasteiger partial charge in [-0.2, -0.15) is 0 Å². The number of carboxylic acids is 1. The number of nitrogens with zero attached hydrogens (tertiary/aromatic N) is 1. The van der Waals surface area contributed by atoms with Crippen LogP contribution in [0.25, 0.3) is 0 Å². The van der Waals surface area contributed by atoms with Gasteiger partial charge in [0, 0.05) is 6.54 Å². The van der Waals surface area contributed by atoms with Gasteiger partial charge in [0.15, 0.2) is 0 Å². The Morgan fingerprint density at radius 1 is 1.57 bits per heavy atom. The van der Waals surface area contributed by atoms with Crippen molar-refractivity contribution in [2.24, 2.45) is 0 Å². The number of carboxylic acid groups (broad SMARTS) is 1. The molecule has 0 aromatic rings. The standard InChI is InChI=1S/C10H19NO3/c1-2-8(12)7-11-6-4-3-5-9(11)10(13)14/h8-9,12H,2-7H2,1H3,(H,13,14). The molecule has 0 spiro atoms. The summed E-state index contributed by atoms with van der Waals surface area (Å²) in [5, 5.41) is 18.4. The molecule has 0 aromatic heterocycles. The van der Waals surface area contributed by atoms with Crippen LogP contribution in [0.3, 0.4) is 0 Å². The molecule has 2 unspecified atom stereocenters. The van der Waals surface area contributed by atoms with E-state index in [-0.39, 0.29) is 6.04 Å². The van der Waals surface area contributed by atoms with Gasteiger partial charge in [-0.15, -0.1) is 0 Å². The SMILES string of the molecule is CCC(O)CN1CCCCC1C(=O)O. The molecule has 0 saturated carbocycles. The monoisotopic (exact) mass is 201 g/mol. The first-order valence-electron chi connectivity index (χ1n) is 5.30. The Bertz CT molecular complexity index is 196. The lowest BCUT2D eigenvalue weighted by Crippen LogP contribution is -2.47. The third-order valence-corrected chi connectivity index (χ3v) is 2.82. The summed E-state index contributed by atoms with van der Waals surface area (Å²) in [5.41, 5.74) is 0. The molecule has 0 amide bonds. The van der Waals surface area contributed by atoms with E-state index < -0.39 is 12.1 Å². The molecule has 1 aliphatic heterocycles. The summed E-state index contributed by atoms with van der Waals surface area (Å²) in [4.78, 5) is 12.8. The largest absolute Gasteiger partial charge is 0.480 e. The Labute approximate surface area is 84.5 Å². The van der Waals surface area contributed by atoms with Crippen LogP contribution in [0.2, 0.25) is 0 Å². The minimum Gasteiger partial charge on any atom is -0.480 e. The average molecular weight is 201 g/mol. The summed E-state index contributed by atoms with van der Waals surface area (Å²) in [6.07, 6.45) is 3.03. The predicted octanol–water partition coefficient (Wildman–Crippen LogP) is 0.696. The zero-order valence-electron chi connectivity index (χ0n) is 8.65. The molecular formula is C10H19NO3. The normalized spacial score (nSPS) is 26.0. The smallest absolute Gasteiger partial charge is 0.320 e. The van der Waals surface area contributed by atoms with Gasteiger partial charge in [-0.05, 0) is 25.8 Å². The van der Waals surface area contributed by atoms with E-state index in [1.54, 1.807) is 0 Å². The number of hydrogen-bond donors (Lipinski definition) is 2. The first kappa shape index (κ1) is 11.5. The molecule has 2 N–H and O–H groups in total. The number of aliphatic carboxylic acids is 1. The predicted molar refractivity (Wildman–Crippen MR) is 53.1 cm³/mol. The van der Waals surface area contributed by atoms with Gasteiger partial charge in [-0.1, -0.05) is 13.3 Å². The molecule has 82 valence electrons. The van der Waals surface area contributed by atoms with Crippen molar-refractivity contribution in [1.29, 1.82) is 0 Å². The zero-order chi connectivity index (χ0) is 10.6. The van der Waals surface area contributed by atoms with Crippen molar-refractivity contribution in [3.05, 3.63) is 0 Å². The molecule has 1 aliphatic rings. The lowest BCUT2D eigenvalue weighted by molar-refractivity contribution is -0.145. The highest BCUT2D eigenvalue weighted by molar-refractivity contribution is 5.73. The number of aliphatic hydroxyl groups is 1. The highest BCUT2D eigenvalue weighted by Crippen LogP contribution is 2.17. The summed E-state index contributed by atoms with van der Waals surface area (Å²) in [6, 6.07) is -0.384. The van der Waals surface area contributed by atoms with E-state index in [2.05, 4.69) is 0 Å². The van der Waals surface area contributed by atoms with Gasteiger partial charge in [0.05, 0.1) is 6.10 Å². The van der Waals surface area contributed by atoms with Gasteiger partial charge in [0.25, 0.3) is 0 Å². The van der Waals surface area contributed by atoms with Crippen molar-refractivity contribution in [2.75, 3.05) is 13.1 Å². The molecular weight excluding hydrogens is 182 g/mol. The van der Waals surface area contributed by atoms with Crippen LogP contribution in [0.15, 0.2) is 0 Å². The highest BCUT2D eigenvalue weighted by atomic mass is 16.4. The maximum absolute atomic E-state index is 10.9. The van der Waals surface area contributed by atoms with Crippen LogP contribution in [0, 0.1) is 0 Å². The second-order valence-electron chi connectivity index (χ2n) is 3.91. The van der Waals surface area contributed by atoms with Crippen molar-refractivity contribution >= 4 is 5.97 Å². The third kappa shape index (κ3) is 2.96. The molecule has 0 aromatic carbocycles. The highest BCUT2D eigenvalue weighted by Gasteiger charge is 2.28. The van der Waals surface area contributed by atoms with E-state index in [1.165, 1.54) is 0 Å². The summed E-state index contributed by atoms with van der Waals surface area (Å²) in [5.74, 6) is -0.756. The molecule has 1 heterocycles. The van der Waals surface area contributed by atoms with E-state index in [0.29, 0.717) is 19.4 Å². The van der Waals surface area contributed by atoms with Gasteiger partial charge in [0.1, 0.15) is 6.04 Å². The van der Waals surface area contributed by atoms with Crippen LogP contribution in [0.4, 0.5) is 0 Å². The number of β-amino-alcohol motifs (C(OH)–C–C–N with tert-alkyl or cyclic N) is 1. The van der Waals surface area contributed by atoms with Gasteiger partial charge in [-0.25, -0.2) is 0 Å². The number of rotatable bonds is 4. The maximum atomic E-state index is 10.9. The molecule has 0 radical (unpaired) electrons. The topological polar surface area (TPSA) is 60.8 Å². The Morgan fingerprint density at radius 2 is 2.29 bits per heavy atom. The van der Waals surface area contributed by atoms with Crippen molar-refractivity contribution in [2.45, 2.75) is 44.8 Å². The molecule has 0 aliphatic carbocycles. The molecule has 0 bridgehead atoms. The zero-order valence-corrected chi connectivity index (χ0v) is 8.65. The van der Waals surface area contributed by atoms with E-state index >= 15 is 0 Å². The quantitative estimate of drug-likeness (QED) is 0.702. The van der Waals surface area contributed by atoms with Crippen molar-refractivity contribution < 1.29 is 15.0 Å². The first-order chi connectivity index (χ1) is 6.65. The lowest BCUT2D eigenvalue weighted by atomic mass is 10.0. The molecule has 2 atom stereocenters. The van der Waals surface area contributed by atoms with Crippen LogP contribution in [0.5, 0.6) is 0 Å². The number of hydrogen-bond acceptors (Lipinski definition) is 3. The Balaban J connectivity index is 2.49. The number of piperidine rings is 1. The van der Waals surface area contributed by atoms with E-state index in [0.717, 1.165) is 19.4 Å². The Hall–Kier alpha value is -0.610. The number of carbonyl (C=O) groups is 1. The third-order valence-electron chi connectivity index (χ3n) is 2.82. The second kappa shape index (κ2) is 5.32. The first-order valence-corrected chi connectivity index (χ1v) is 5.30. The average Bonchev–Trinajstić information content (AvgIpc) is 2.18. The minimum absolute atomic E-state index is 0.384. The van der Waals surface area contributed by atoms with Crippen LogP contribution >= 0.6 is 0 Å². The molecule has 14 heavy (non-hydrogen) atoms.